The van der Waals surface area contributed by atoms with E-state index >= 15 is 0 Å². The third kappa shape index (κ3) is 1.68. The fourth-order valence-electron chi connectivity index (χ4n) is 5.71. The molecule has 4 heteroatoms. The minimum absolute atomic E-state index is 0.0209. The van der Waals surface area contributed by atoms with E-state index in [-0.39, 0.29) is 29.2 Å². The predicted octanol–water partition coefficient (Wildman–Crippen LogP) is 2.82. The second-order valence-corrected chi connectivity index (χ2v) is 7.86. The van der Waals surface area contributed by atoms with Crippen molar-refractivity contribution in [2.24, 2.45) is 23.2 Å². The van der Waals surface area contributed by atoms with Gasteiger partial charge < -0.3 is 14.2 Å². The number of cyclic esters (lactones) is 1. The van der Waals surface area contributed by atoms with Crippen LogP contribution in [0.4, 0.5) is 0 Å². The van der Waals surface area contributed by atoms with E-state index in [1.165, 1.54) is 19.3 Å². The number of hydrogen-bond donors (Lipinski definition) is 0. The lowest BCUT2D eigenvalue weighted by Crippen LogP contribution is -2.50. The van der Waals surface area contributed by atoms with Crippen LogP contribution < -0.4 is 0 Å². The summed E-state index contributed by atoms with van der Waals surface area (Å²) in [5.74, 6) is 0.716. The van der Waals surface area contributed by atoms with Crippen LogP contribution in [0.3, 0.4) is 0 Å². The van der Waals surface area contributed by atoms with Gasteiger partial charge in [0, 0.05) is 18.8 Å². The molecule has 0 unspecified atom stereocenters. The van der Waals surface area contributed by atoms with E-state index in [0.717, 1.165) is 25.7 Å². The van der Waals surface area contributed by atoms with Gasteiger partial charge in [0.25, 0.3) is 0 Å². The Morgan fingerprint density at radius 3 is 2.64 bits per heavy atom. The van der Waals surface area contributed by atoms with Crippen LogP contribution >= 0.6 is 0 Å². The van der Waals surface area contributed by atoms with Gasteiger partial charge in [-0.15, -0.1) is 0 Å². The molecule has 2 spiro atoms. The van der Waals surface area contributed by atoms with E-state index in [0.29, 0.717) is 25.0 Å². The molecular weight excluding hydrogens is 280 g/mol. The molecule has 22 heavy (non-hydrogen) atoms. The average Bonchev–Trinajstić information content (AvgIpc) is 3.25. The Kier molecular flexibility index (Phi) is 2.82. The van der Waals surface area contributed by atoms with Gasteiger partial charge in [-0.05, 0) is 43.9 Å². The molecule has 6 rings (SSSR count). The highest BCUT2D eigenvalue weighted by Gasteiger charge is 2.63. The fourth-order valence-corrected chi connectivity index (χ4v) is 5.71. The molecule has 0 aromatic rings. The minimum atomic E-state index is -0.346. The van der Waals surface area contributed by atoms with Crippen molar-refractivity contribution in [3.63, 3.8) is 0 Å². The lowest BCUT2D eigenvalue weighted by Gasteiger charge is -2.47. The summed E-state index contributed by atoms with van der Waals surface area (Å²) in [5.41, 5.74) is -0.337. The number of allylic oxidation sites excluding steroid dienone is 2. The molecule has 5 atom stereocenters. The van der Waals surface area contributed by atoms with Gasteiger partial charge in [0.1, 0.15) is 0 Å². The van der Waals surface area contributed by atoms with E-state index in [1.807, 2.05) is 0 Å². The normalized spacial score (nSPS) is 48.6. The number of esters is 1. The van der Waals surface area contributed by atoms with E-state index in [1.54, 1.807) is 0 Å². The average molecular weight is 304 g/mol. The molecule has 120 valence electrons. The highest BCUT2D eigenvalue weighted by Crippen LogP contribution is 2.58. The van der Waals surface area contributed by atoms with Crippen LogP contribution in [0.5, 0.6) is 0 Å². The minimum Gasteiger partial charge on any atom is -0.465 e. The van der Waals surface area contributed by atoms with Gasteiger partial charge in [-0.25, -0.2) is 0 Å². The summed E-state index contributed by atoms with van der Waals surface area (Å²) in [7, 11) is 0. The maximum atomic E-state index is 12.7. The van der Waals surface area contributed by atoms with Gasteiger partial charge in [-0.1, -0.05) is 12.2 Å². The van der Waals surface area contributed by atoms with Crippen molar-refractivity contribution in [2.75, 3.05) is 13.2 Å². The molecule has 2 bridgehead atoms. The highest BCUT2D eigenvalue weighted by atomic mass is 16.7. The van der Waals surface area contributed by atoms with Crippen molar-refractivity contribution in [3.05, 3.63) is 12.2 Å². The van der Waals surface area contributed by atoms with Crippen molar-refractivity contribution in [1.29, 1.82) is 0 Å². The molecule has 2 saturated heterocycles. The third-order valence-corrected chi connectivity index (χ3v) is 6.85. The first-order chi connectivity index (χ1) is 10.7. The molecule has 4 fully saturated rings. The SMILES string of the molecule is O=C1OC[C@H]([C@H]2COC3(CCCC3)O2)[C@]12C[C@H]1C=C[C@@H]2CC1. The maximum Gasteiger partial charge on any atom is 0.313 e. The Bertz CT molecular complexity index is 521. The number of ether oxygens (including phenoxy) is 3. The Balaban J connectivity index is 1.45. The second kappa shape index (κ2) is 4.57. The first kappa shape index (κ1) is 13.6. The van der Waals surface area contributed by atoms with Crippen molar-refractivity contribution >= 4 is 5.97 Å². The van der Waals surface area contributed by atoms with Crippen molar-refractivity contribution in [2.45, 2.75) is 56.8 Å². The number of rotatable bonds is 1. The topological polar surface area (TPSA) is 44.8 Å². The molecule has 2 aliphatic heterocycles. The van der Waals surface area contributed by atoms with Crippen LogP contribution in [0, 0.1) is 23.2 Å². The number of hydrogen-bond acceptors (Lipinski definition) is 4. The first-order valence-corrected chi connectivity index (χ1v) is 8.89. The van der Waals surface area contributed by atoms with E-state index in [4.69, 9.17) is 14.2 Å². The zero-order chi connectivity index (χ0) is 14.8. The molecule has 0 aromatic carbocycles. The number of carbonyl (C=O) groups excluding carboxylic acids is 1. The third-order valence-electron chi connectivity index (χ3n) is 6.85. The van der Waals surface area contributed by atoms with Crippen LogP contribution in [-0.4, -0.2) is 31.1 Å². The lowest BCUT2D eigenvalue weighted by molar-refractivity contribution is -0.175. The van der Waals surface area contributed by atoms with Crippen molar-refractivity contribution in [3.8, 4) is 0 Å². The van der Waals surface area contributed by atoms with Crippen molar-refractivity contribution < 1.29 is 19.0 Å². The van der Waals surface area contributed by atoms with E-state index < -0.39 is 0 Å². The molecule has 4 nitrogen and oxygen atoms in total. The van der Waals surface area contributed by atoms with Crippen molar-refractivity contribution in [1.82, 2.24) is 0 Å². The molecule has 6 aliphatic rings. The zero-order valence-electron chi connectivity index (χ0n) is 13.0. The molecule has 0 aromatic heterocycles. The summed E-state index contributed by atoms with van der Waals surface area (Å²) in [6.45, 7) is 1.14. The summed E-state index contributed by atoms with van der Waals surface area (Å²) < 4.78 is 18.0. The van der Waals surface area contributed by atoms with Gasteiger partial charge in [-0.2, -0.15) is 0 Å². The fraction of sp³-hybridized carbons (Fsp3) is 0.833. The van der Waals surface area contributed by atoms with Gasteiger partial charge in [0.15, 0.2) is 5.79 Å². The largest absolute Gasteiger partial charge is 0.465 e. The van der Waals surface area contributed by atoms with Gasteiger partial charge in [-0.3, -0.25) is 4.79 Å². The Morgan fingerprint density at radius 2 is 1.95 bits per heavy atom. The zero-order valence-corrected chi connectivity index (χ0v) is 13.0. The molecule has 0 N–H and O–H groups in total. The quantitative estimate of drug-likeness (QED) is 0.552. The molecule has 0 amide bonds. The molecular formula is C18H24O4. The summed E-state index contributed by atoms with van der Waals surface area (Å²) in [6, 6.07) is 0. The Labute approximate surface area is 131 Å². The van der Waals surface area contributed by atoms with Gasteiger partial charge >= 0.3 is 5.97 Å². The standard InChI is InChI=1S/C18H24O4/c19-16-18(9-12-3-5-13(18)6-4-12)14(10-20-16)15-11-21-17(22-15)7-1-2-8-17/h3,5,12-15H,1-2,4,6-11H2/t12-,13+,14+,15+,18+/m0/s1. The second-order valence-electron chi connectivity index (χ2n) is 7.86. The van der Waals surface area contributed by atoms with Crippen LogP contribution in [-0.2, 0) is 19.0 Å². The first-order valence-electron chi connectivity index (χ1n) is 8.89. The smallest absolute Gasteiger partial charge is 0.313 e. The molecule has 2 saturated carbocycles. The van der Waals surface area contributed by atoms with Crippen LogP contribution in [0.1, 0.15) is 44.9 Å². The van der Waals surface area contributed by atoms with E-state index in [9.17, 15) is 4.79 Å². The van der Waals surface area contributed by atoms with Crippen LogP contribution in [0.15, 0.2) is 12.2 Å². The Morgan fingerprint density at radius 1 is 1.09 bits per heavy atom. The van der Waals surface area contributed by atoms with Gasteiger partial charge in [0.05, 0.1) is 24.7 Å². The predicted molar refractivity (Wildman–Crippen MR) is 78.9 cm³/mol. The summed E-state index contributed by atoms with van der Waals surface area (Å²) >= 11 is 0. The molecule has 2 heterocycles. The monoisotopic (exact) mass is 304 g/mol. The molecule has 4 aliphatic carbocycles. The number of carbonyl (C=O) groups is 1. The van der Waals surface area contributed by atoms with E-state index in [2.05, 4.69) is 12.2 Å². The lowest BCUT2D eigenvalue weighted by atomic mass is 9.54. The van der Waals surface area contributed by atoms with Crippen LogP contribution in [0.25, 0.3) is 0 Å². The summed E-state index contributed by atoms with van der Waals surface area (Å²) in [5, 5.41) is 0. The maximum absolute atomic E-state index is 12.7. The van der Waals surface area contributed by atoms with Gasteiger partial charge in [0.2, 0.25) is 0 Å². The van der Waals surface area contributed by atoms with Crippen LogP contribution in [0.2, 0.25) is 0 Å². The highest BCUT2D eigenvalue weighted by molar-refractivity contribution is 5.80. The molecule has 0 radical (unpaired) electrons. The Hall–Kier alpha value is -0.870. The summed E-state index contributed by atoms with van der Waals surface area (Å²) in [4.78, 5) is 12.7. The number of fused-ring (bicyclic) bond motifs is 1. The summed E-state index contributed by atoms with van der Waals surface area (Å²) in [6.07, 6.45) is 12.3.